The molecule has 2 aromatic carbocycles. The highest BCUT2D eigenvalue weighted by Crippen LogP contribution is 2.36. The van der Waals surface area contributed by atoms with Crippen LogP contribution in [0.5, 0.6) is 17.2 Å². The van der Waals surface area contributed by atoms with E-state index >= 15 is 0 Å². The molecule has 0 bridgehead atoms. The molecular weight excluding hydrogens is 371 g/mol. The van der Waals surface area contributed by atoms with Gasteiger partial charge in [-0.05, 0) is 25.1 Å². The number of ether oxygens (including phenoxy) is 3. The van der Waals surface area contributed by atoms with Gasteiger partial charge in [0.25, 0.3) is 5.69 Å². The van der Waals surface area contributed by atoms with Crippen molar-refractivity contribution in [1.29, 1.82) is 0 Å². The number of nitro groups is 1. The van der Waals surface area contributed by atoms with Gasteiger partial charge in [-0.25, -0.2) is 4.79 Å². The van der Waals surface area contributed by atoms with E-state index in [-0.39, 0.29) is 17.2 Å². The molecule has 0 aliphatic carbocycles. The standard InChI is InChI=1S/C17H14F3NO6/c1-10(26-13-6-4-3-5-12(13)17(18,19)20)16(22)27-15-9-11(21(23)24)7-8-14(15)25-2/h3-10H,1-2H3. The van der Waals surface area contributed by atoms with Crippen LogP contribution in [0.3, 0.4) is 0 Å². The number of hydrogen-bond donors (Lipinski definition) is 0. The van der Waals surface area contributed by atoms with Crippen LogP contribution in [0.25, 0.3) is 0 Å². The van der Waals surface area contributed by atoms with Crippen LogP contribution in [0.4, 0.5) is 18.9 Å². The Morgan fingerprint density at radius 1 is 1.11 bits per heavy atom. The van der Waals surface area contributed by atoms with Gasteiger partial charge in [0.2, 0.25) is 0 Å². The van der Waals surface area contributed by atoms with Crippen molar-refractivity contribution >= 4 is 11.7 Å². The molecule has 1 atom stereocenters. The first-order valence-electron chi connectivity index (χ1n) is 7.50. The highest BCUT2D eigenvalue weighted by Gasteiger charge is 2.35. The average molecular weight is 385 g/mol. The van der Waals surface area contributed by atoms with Gasteiger partial charge in [-0.15, -0.1) is 0 Å². The fourth-order valence-corrected chi connectivity index (χ4v) is 2.09. The molecule has 27 heavy (non-hydrogen) atoms. The first-order chi connectivity index (χ1) is 12.6. The number of alkyl halides is 3. The van der Waals surface area contributed by atoms with Crippen molar-refractivity contribution in [3.63, 3.8) is 0 Å². The van der Waals surface area contributed by atoms with Gasteiger partial charge in [-0.1, -0.05) is 12.1 Å². The summed E-state index contributed by atoms with van der Waals surface area (Å²) in [6.07, 6.45) is -6.08. The summed E-state index contributed by atoms with van der Waals surface area (Å²) in [7, 11) is 1.26. The predicted molar refractivity (Wildman–Crippen MR) is 86.8 cm³/mol. The van der Waals surface area contributed by atoms with Gasteiger partial charge < -0.3 is 14.2 Å². The number of benzene rings is 2. The van der Waals surface area contributed by atoms with Gasteiger partial charge >= 0.3 is 12.1 Å². The molecule has 7 nitrogen and oxygen atoms in total. The van der Waals surface area contributed by atoms with E-state index in [4.69, 9.17) is 14.2 Å². The van der Waals surface area contributed by atoms with Crippen LogP contribution in [0, 0.1) is 10.1 Å². The number of methoxy groups -OCH3 is 1. The molecule has 0 N–H and O–H groups in total. The zero-order chi connectivity index (χ0) is 20.2. The zero-order valence-electron chi connectivity index (χ0n) is 14.1. The second kappa shape index (κ2) is 7.94. The summed E-state index contributed by atoms with van der Waals surface area (Å²) in [5, 5.41) is 10.8. The summed E-state index contributed by atoms with van der Waals surface area (Å²) < 4.78 is 54.0. The minimum Gasteiger partial charge on any atom is -0.493 e. The highest BCUT2D eigenvalue weighted by molar-refractivity contribution is 5.78. The lowest BCUT2D eigenvalue weighted by Gasteiger charge is -2.18. The van der Waals surface area contributed by atoms with Crippen LogP contribution in [-0.2, 0) is 11.0 Å². The molecular formula is C17H14F3NO6. The molecule has 144 valence electrons. The van der Waals surface area contributed by atoms with Crippen LogP contribution in [0.2, 0.25) is 0 Å². The third-order valence-corrected chi connectivity index (χ3v) is 3.40. The average Bonchev–Trinajstić information content (AvgIpc) is 2.61. The first kappa shape index (κ1) is 20.0. The van der Waals surface area contributed by atoms with E-state index in [2.05, 4.69) is 0 Å². The molecule has 0 saturated heterocycles. The Labute approximate surface area is 151 Å². The van der Waals surface area contributed by atoms with E-state index in [0.717, 1.165) is 24.3 Å². The molecule has 2 aromatic rings. The minimum atomic E-state index is -4.66. The molecule has 0 aromatic heterocycles. The lowest BCUT2D eigenvalue weighted by Crippen LogP contribution is -2.29. The lowest BCUT2D eigenvalue weighted by atomic mass is 10.2. The number of nitrogens with zero attached hydrogens (tertiary/aromatic N) is 1. The van der Waals surface area contributed by atoms with Crippen molar-refractivity contribution in [3.05, 3.63) is 58.1 Å². The fourth-order valence-electron chi connectivity index (χ4n) is 2.09. The van der Waals surface area contributed by atoms with Gasteiger partial charge in [0, 0.05) is 6.07 Å². The topological polar surface area (TPSA) is 87.9 Å². The summed E-state index contributed by atoms with van der Waals surface area (Å²) in [5.74, 6) is -1.81. The van der Waals surface area contributed by atoms with Gasteiger partial charge in [0.15, 0.2) is 17.6 Å². The van der Waals surface area contributed by atoms with E-state index < -0.39 is 34.5 Å². The maximum absolute atomic E-state index is 13.0. The predicted octanol–water partition coefficient (Wildman–Crippen LogP) is 4.00. The quantitative estimate of drug-likeness (QED) is 0.323. The molecule has 0 fully saturated rings. The minimum absolute atomic E-state index is 0.0387. The smallest absolute Gasteiger partial charge is 0.419 e. The summed E-state index contributed by atoms with van der Waals surface area (Å²) in [5.41, 5.74) is -1.40. The van der Waals surface area contributed by atoms with Crippen LogP contribution < -0.4 is 14.2 Å². The van der Waals surface area contributed by atoms with Crippen molar-refractivity contribution in [2.75, 3.05) is 7.11 Å². The maximum atomic E-state index is 13.0. The van der Waals surface area contributed by atoms with E-state index in [0.29, 0.717) is 0 Å². The molecule has 0 radical (unpaired) electrons. The fraction of sp³-hybridized carbons (Fsp3) is 0.235. The Hall–Kier alpha value is -3.30. The van der Waals surface area contributed by atoms with Gasteiger partial charge in [-0.3, -0.25) is 10.1 Å². The molecule has 0 saturated carbocycles. The van der Waals surface area contributed by atoms with Gasteiger partial charge in [-0.2, -0.15) is 13.2 Å². The van der Waals surface area contributed by atoms with E-state index in [1.165, 1.54) is 32.2 Å². The summed E-state index contributed by atoms with van der Waals surface area (Å²) in [6.45, 7) is 1.19. The monoisotopic (exact) mass is 385 g/mol. The second-order valence-corrected chi connectivity index (χ2v) is 5.27. The maximum Gasteiger partial charge on any atom is 0.419 e. The van der Waals surface area contributed by atoms with Crippen molar-refractivity contribution in [2.24, 2.45) is 0 Å². The molecule has 1 unspecified atom stereocenters. The van der Waals surface area contributed by atoms with Crippen molar-refractivity contribution in [1.82, 2.24) is 0 Å². The SMILES string of the molecule is COc1ccc([N+](=O)[O-])cc1OC(=O)C(C)Oc1ccccc1C(F)(F)F. The molecule has 0 spiro atoms. The third-order valence-electron chi connectivity index (χ3n) is 3.40. The Bertz CT molecular complexity index is 853. The number of para-hydroxylation sites is 1. The lowest BCUT2D eigenvalue weighted by molar-refractivity contribution is -0.384. The number of halogens is 3. The third kappa shape index (κ3) is 4.87. The number of carbonyl (C=O) groups is 1. The van der Waals surface area contributed by atoms with Crippen molar-refractivity contribution in [3.8, 4) is 17.2 Å². The number of hydrogen-bond acceptors (Lipinski definition) is 6. The number of nitro benzene ring substituents is 1. The van der Waals surface area contributed by atoms with Crippen molar-refractivity contribution < 1.29 is 37.1 Å². The largest absolute Gasteiger partial charge is 0.493 e. The highest BCUT2D eigenvalue weighted by atomic mass is 19.4. The van der Waals surface area contributed by atoms with E-state index in [9.17, 15) is 28.1 Å². The number of esters is 1. The van der Waals surface area contributed by atoms with E-state index in [1.807, 2.05) is 0 Å². The molecule has 0 aliphatic rings. The van der Waals surface area contributed by atoms with Gasteiger partial charge in [0.1, 0.15) is 5.75 Å². The molecule has 2 rings (SSSR count). The summed E-state index contributed by atoms with van der Waals surface area (Å²) in [4.78, 5) is 22.3. The van der Waals surface area contributed by atoms with Crippen LogP contribution >= 0.6 is 0 Å². The molecule has 0 amide bonds. The number of carbonyl (C=O) groups excluding carboxylic acids is 1. The molecule has 0 aliphatic heterocycles. The van der Waals surface area contributed by atoms with Gasteiger partial charge in [0.05, 0.1) is 23.7 Å². The van der Waals surface area contributed by atoms with Crippen LogP contribution in [0.1, 0.15) is 12.5 Å². The normalized spacial score (nSPS) is 12.2. The Balaban J connectivity index is 2.20. The van der Waals surface area contributed by atoms with Crippen LogP contribution in [-0.4, -0.2) is 24.1 Å². The Morgan fingerprint density at radius 3 is 2.37 bits per heavy atom. The Morgan fingerprint density at radius 2 is 1.78 bits per heavy atom. The second-order valence-electron chi connectivity index (χ2n) is 5.27. The summed E-state index contributed by atoms with van der Waals surface area (Å²) >= 11 is 0. The van der Waals surface area contributed by atoms with Crippen molar-refractivity contribution in [2.45, 2.75) is 19.2 Å². The number of rotatable bonds is 6. The van der Waals surface area contributed by atoms with Crippen LogP contribution in [0.15, 0.2) is 42.5 Å². The number of non-ortho nitro benzene ring substituents is 1. The molecule has 10 heteroatoms. The zero-order valence-corrected chi connectivity index (χ0v) is 14.1. The Kier molecular flexibility index (Phi) is 5.88. The summed E-state index contributed by atoms with van der Waals surface area (Å²) in [6, 6.07) is 7.74. The molecule has 0 heterocycles. The first-order valence-corrected chi connectivity index (χ1v) is 7.50. The van der Waals surface area contributed by atoms with E-state index in [1.54, 1.807) is 0 Å².